The van der Waals surface area contributed by atoms with E-state index < -0.39 is 41.4 Å². The maximum atomic E-state index is 13.5. The fraction of sp³-hybridized carbons (Fsp3) is 0.0556. The van der Waals surface area contributed by atoms with Crippen LogP contribution in [-0.4, -0.2) is 23.3 Å². The van der Waals surface area contributed by atoms with Crippen molar-refractivity contribution < 1.29 is 27.5 Å². The second-order valence-electron chi connectivity index (χ2n) is 5.17. The van der Waals surface area contributed by atoms with Crippen LogP contribution in [0.2, 0.25) is 0 Å². The Hall–Kier alpha value is -3.00. The lowest BCUT2D eigenvalue weighted by Gasteiger charge is -2.04. The van der Waals surface area contributed by atoms with Crippen molar-refractivity contribution in [2.45, 2.75) is 0 Å². The van der Waals surface area contributed by atoms with Gasteiger partial charge in [0.05, 0.1) is 5.56 Å². The van der Waals surface area contributed by atoms with E-state index in [1.807, 2.05) is 0 Å². The van der Waals surface area contributed by atoms with Crippen molar-refractivity contribution in [1.29, 1.82) is 0 Å². The number of rotatable bonds is 5. The fourth-order valence-electron chi connectivity index (χ4n) is 2.09. The molecule has 0 radical (unpaired) electrons. The van der Waals surface area contributed by atoms with E-state index in [0.717, 1.165) is 29.5 Å². The zero-order chi connectivity index (χ0) is 18.7. The van der Waals surface area contributed by atoms with E-state index in [0.29, 0.717) is 10.6 Å². The predicted molar refractivity (Wildman–Crippen MR) is 88.5 cm³/mol. The van der Waals surface area contributed by atoms with Gasteiger partial charge in [0, 0.05) is 10.9 Å². The summed E-state index contributed by atoms with van der Waals surface area (Å²) in [6, 6.07) is 7.99. The number of aromatic nitrogens is 1. The topological polar surface area (TPSA) is 56.3 Å². The van der Waals surface area contributed by atoms with Gasteiger partial charge in [-0.1, -0.05) is 0 Å². The monoisotopic (exact) mass is 377 g/mol. The molecular weight excluding hydrogens is 367 g/mol. The Kier molecular flexibility index (Phi) is 5.13. The van der Waals surface area contributed by atoms with Crippen molar-refractivity contribution in [2.75, 3.05) is 6.61 Å². The van der Waals surface area contributed by atoms with Crippen molar-refractivity contribution in [3.05, 3.63) is 76.6 Å². The molecule has 1 heterocycles. The van der Waals surface area contributed by atoms with Crippen LogP contribution in [0.3, 0.4) is 0 Å². The van der Waals surface area contributed by atoms with Crippen LogP contribution in [0.4, 0.5) is 13.2 Å². The summed E-state index contributed by atoms with van der Waals surface area (Å²) in [4.78, 5) is 27.9. The van der Waals surface area contributed by atoms with E-state index in [1.165, 1.54) is 29.6 Å². The largest absolute Gasteiger partial charge is 0.453 e. The van der Waals surface area contributed by atoms with Crippen molar-refractivity contribution in [3.8, 4) is 10.6 Å². The van der Waals surface area contributed by atoms with Crippen LogP contribution in [-0.2, 0) is 4.74 Å². The molecule has 0 bridgehead atoms. The highest BCUT2D eigenvalue weighted by molar-refractivity contribution is 7.13. The number of nitrogens with zero attached hydrogens (tertiary/aromatic N) is 1. The molecule has 0 unspecified atom stereocenters. The number of carbonyl (C=O) groups is 2. The lowest BCUT2D eigenvalue weighted by atomic mass is 10.1. The van der Waals surface area contributed by atoms with Gasteiger partial charge in [-0.05, 0) is 42.5 Å². The average Bonchev–Trinajstić information content (AvgIpc) is 3.12. The summed E-state index contributed by atoms with van der Waals surface area (Å²) in [7, 11) is 0. The minimum atomic E-state index is -0.903. The van der Waals surface area contributed by atoms with Crippen molar-refractivity contribution in [3.63, 3.8) is 0 Å². The molecule has 0 spiro atoms. The molecule has 0 aliphatic heterocycles. The lowest BCUT2D eigenvalue weighted by Crippen LogP contribution is -2.16. The van der Waals surface area contributed by atoms with Crippen molar-refractivity contribution >= 4 is 23.1 Å². The number of thiazole rings is 1. The first-order chi connectivity index (χ1) is 12.4. The number of benzene rings is 2. The molecule has 3 aromatic rings. The standard InChI is InChI=1S/C18H10F3NO3S/c19-11-3-1-10(2-4-11)17-22-15(9-26-17)18(24)25-8-16(23)13-7-12(20)5-6-14(13)21/h1-7,9H,8H2. The van der Waals surface area contributed by atoms with E-state index in [-0.39, 0.29) is 5.69 Å². The Bertz CT molecular complexity index is 970. The molecule has 0 atom stereocenters. The van der Waals surface area contributed by atoms with E-state index >= 15 is 0 Å². The number of carbonyl (C=O) groups excluding carboxylic acids is 2. The molecule has 0 amide bonds. The summed E-state index contributed by atoms with van der Waals surface area (Å²) in [5.41, 5.74) is 0.0817. The van der Waals surface area contributed by atoms with Gasteiger partial charge in [-0.3, -0.25) is 4.79 Å². The maximum absolute atomic E-state index is 13.5. The summed E-state index contributed by atoms with van der Waals surface area (Å²) in [5.74, 6) is -3.82. The van der Waals surface area contributed by atoms with Crippen LogP contribution in [0.15, 0.2) is 47.8 Å². The Balaban J connectivity index is 1.66. The van der Waals surface area contributed by atoms with Crippen molar-refractivity contribution in [1.82, 2.24) is 4.98 Å². The Labute approximate surface area is 149 Å². The molecule has 3 rings (SSSR count). The van der Waals surface area contributed by atoms with Crippen LogP contribution >= 0.6 is 11.3 Å². The Morgan fingerprint density at radius 2 is 1.69 bits per heavy atom. The molecule has 2 aromatic carbocycles. The Morgan fingerprint density at radius 1 is 1.00 bits per heavy atom. The number of ether oxygens (including phenoxy) is 1. The summed E-state index contributed by atoms with van der Waals surface area (Å²) < 4.78 is 44.4. The molecule has 1 aromatic heterocycles. The molecule has 0 aliphatic carbocycles. The van der Waals surface area contributed by atoms with Crippen molar-refractivity contribution in [2.24, 2.45) is 0 Å². The van der Waals surface area contributed by atoms with Gasteiger partial charge in [0.1, 0.15) is 22.5 Å². The number of hydrogen-bond donors (Lipinski definition) is 0. The highest BCUT2D eigenvalue weighted by Crippen LogP contribution is 2.24. The maximum Gasteiger partial charge on any atom is 0.358 e. The van der Waals surface area contributed by atoms with Crippen LogP contribution in [0.5, 0.6) is 0 Å². The third-order valence-electron chi connectivity index (χ3n) is 3.37. The van der Waals surface area contributed by atoms with Crippen LogP contribution in [0.25, 0.3) is 10.6 Å². The second kappa shape index (κ2) is 7.49. The fourth-order valence-corrected chi connectivity index (χ4v) is 2.88. The highest BCUT2D eigenvalue weighted by Gasteiger charge is 2.18. The number of Topliss-reactive ketones (excluding diaryl/α,β-unsaturated/α-hetero) is 1. The smallest absolute Gasteiger partial charge is 0.358 e. The van der Waals surface area contributed by atoms with E-state index in [9.17, 15) is 22.8 Å². The molecule has 26 heavy (non-hydrogen) atoms. The molecule has 8 heteroatoms. The van der Waals surface area contributed by atoms with E-state index in [4.69, 9.17) is 4.74 Å². The van der Waals surface area contributed by atoms with Gasteiger partial charge < -0.3 is 4.74 Å². The van der Waals surface area contributed by atoms with Gasteiger partial charge in [0.2, 0.25) is 5.78 Å². The first kappa shape index (κ1) is 17.8. The number of ketones is 1. The third kappa shape index (κ3) is 3.97. The Morgan fingerprint density at radius 3 is 2.42 bits per heavy atom. The van der Waals surface area contributed by atoms with Gasteiger partial charge in [-0.25, -0.2) is 22.9 Å². The quantitative estimate of drug-likeness (QED) is 0.492. The molecule has 0 N–H and O–H groups in total. The van der Waals surface area contributed by atoms with Gasteiger partial charge in [0.25, 0.3) is 0 Å². The highest BCUT2D eigenvalue weighted by atomic mass is 32.1. The van der Waals surface area contributed by atoms with Crippen LogP contribution in [0.1, 0.15) is 20.8 Å². The van der Waals surface area contributed by atoms with Gasteiger partial charge >= 0.3 is 5.97 Å². The zero-order valence-corrected chi connectivity index (χ0v) is 13.9. The minimum Gasteiger partial charge on any atom is -0.453 e. The SMILES string of the molecule is O=C(OCC(=O)c1cc(F)ccc1F)c1csc(-c2ccc(F)cc2)n1. The van der Waals surface area contributed by atoms with E-state index in [2.05, 4.69) is 4.98 Å². The molecule has 0 saturated carbocycles. The number of halogens is 3. The number of esters is 1. The first-order valence-corrected chi connectivity index (χ1v) is 8.19. The van der Waals surface area contributed by atoms with Gasteiger partial charge in [0.15, 0.2) is 12.3 Å². The number of hydrogen-bond acceptors (Lipinski definition) is 5. The normalized spacial score (nSPS) is 10.6. The lowest BCUT2D eigenvalue weighted by molar-refractivity contribution is 0.0468. The molecule has 4 nitrogen and oxygen atoms in total. The van der Waals surface area contributed by atoms with Gasteiger partial charge in [-0.15, -0.1) is 11.3 Å². The predicted octanol–water partition coefficient (Wildman–Crippen LogP) is 4.27. The second-order valence-corrected chi connectivity index (χ2v) is 6.03. The van der Waals surface area contributed by atoms with Crippen LogP contribution < -0.4 is 0 Å². The third-order valence-corrected chi connectivity index (χ3v) is 4.26. The molecule has 0 aliphatic rings. The summed E-state index contributed by atoms with van der Waals surface area (Å²) >= 11 is 1.14. The first-order valence-electron chi connectivity index (χ1n) is 7.31. The summed E-state index contributed by atoms with van der Waals surface area (Å²) in [6.45, 7) is -0.747. The molecular formula is C18H10F3NO3S. The zero-order valence-electron chi connectivity index (χ0n) is 13.0. The molecule has 0 saturated heterocycles. The van der Waals surface area contributed by atoms with Gasteiger partial charge in [-0.2, -0.15) is 0 Å². The minimum absolute atomic E-state index is 0.0400. The average molecular weight is 377 g/mol. The molecule has 0 fully saturated rings. The summed E-state index contributed by atoms with van der Waals surface area (Å²) in [5, 5.41) is 1.90. The van der Waals surface area contributed by atoms with E-state index in [1.54, 1.807) is 0 Å². The molecule has 132 valence electrons. The summed E-state index contributed by atoms with van der Waals surface area (Å²) in [6.07, 6.45) is 0. The van der Waals surface area contributed by atoms with Crippen LogP contribution in [0, 0.1) is 17.5 Å².